The molecule has 0 aliphatic rings. The largest absolute Gasteiger partial charge is 0.306 e. The van der Waals surface area contributed by atoms with Crippen LogP contribution in [-0.2, 0) is 4.79 Å². The van der Waals surface area contributed by atoms with E-state index in [1.165, 1.54) is 6.42 Å². The molecule has 84 valence electrons. The Hall–Kier alpha value is -0.370. The number of Topliss-reactive ketones (excluding diaryl/α,β-unsaturated/α-hetero) is 1. The molecule has 0 unspecified atom stereocenters. The predicted octanol–water partition coefficient (Wildman–Crippen LogP) is 2.72. The Bertz CT molecular complexity index is 154. The summed E-state index contributed by atoms with van der Waals surface area (Å²) in [4.78, 5) is 13.4. The molecule has 0 saturated carbocycles. The first-order chi connectivity index (χ1) is 6.56. The smallest absolute Gasteiger partial charge is 0.132 e. The minimum atomic E-state index is 0.391. The first kappa shape index (κ1) is 13.6. The normalized spacial score (nSPS) is 11.3. The van der Waals surface area contributed by atoms with Gasteiger partial charge in [-0.3, -0.25) is 4.79 Å². The zero-order chi connectivity index (χ0) is 11.0. The lowest BCUT2D eigenvalue weighted by Gasteiger charge is -2.17. The summed E-state index contributed by atoms with van der Waals surface area (Å²) >= 11 is 0. The highest BCUT2D eigenvalue weighted by atomic mass is 16.1. The summed E-state index contributed by atoms with van der Waals surface area (Å²) in [5.74, 6) is 1.16. The van der Waals surface area contributed by atoms with E-state index in [0.717, 1.165) is 31.8 Å². The van der Waals surface area contributed by atoms with E-state index in [9.17, 15) is 4.79 Å². The Balaban J connectivity index is 3.35. The molecular formula is C12H25NO. The van der Waals surface area contributed by atoms with Gasteiger partial charge in [-0.2, -0.15) is 0 Å². The summed E-state index contributed by atoms with van der Waals surface area (Å²) < 4.78 is 0. The van der Waals surface area contributed by atoms with Crippen molar-refractivity contribution in [2.75, 3.05) is 20.1 Å². The van der Waals surface area contributed by atoms with E-state index in [0.29, 0.717) is 12.2 Å². The van der Waals surface area contributed by atoms with Crippen LogP contribution in [0.3, 0.4) is 0 Å². The van der Waals surface area contributed by atoms with Crippen molar-refractivity contribution in [1.82, 2.24) is 4.90 Å². The van der Waals surface area contributed by atoms with Crippen LogP contribution in [0.25, 0.3) is 0 Å². The number of hydrogen-bond donors (Lipinski definition) is 0. The van der Waals surface area contributed by atoms with Crippen LogP contribution >= 0.6 is 0 Å². The maximum atomic E-state index is 11.0. The van der Waals surface area contributed by atoms with E-state index in [4.69, 9.17) is 0 Å². The molecule has 0 saturated heterocycles. The number of ketones is 1. The molecule has 0 spiro atoms. The Morgan fingerprint density at radius 1 is 1.29 bits per heavy atom. The molecule has 0 bridgehead atoms. The van der Waals surface area contributed by atoms with Crippen molar-refractivity contribution >= 4 is 5.78 Å². The molecule has 2 nitrogen and oxygen atoms in total. The molecule has 2 heteroatoms. The van der Waals surface area contributed by atoms with Crippen LogP contribution < -0.4 is 0 Å². The van der Waals surface area contributed by atoms with Crippen molar-refractivity contribution in [2.24, 2.45) is 5.92 Å². The molecule has 0 radical (unpaired) electrons. The van der Waals surface area contributed by atoms with Crippen LogP contribution in [0.2, 0.25) is 0 Å². The summed E-state index contributed by atoms with van der Waals surface area (Å²) in [6.07, 6.45) is 3.71. The van der Waals surface area contributed by atoms with Gasteiger partial charge in [-0.25, -0.2) is 0 Å². The number of carbonyl (C=O) groups excluding carboxylic acids is 1. The van der Waals surface area contributed by atoms with Gasteiger partial charge in [0.2, 0.25) is 0 Å². The third-order valence-corrected chi connectivity index (χ3v) is 2.48. The molecule has 0 aromatic heterocycles. The van der Waals surface area contributed by atoms with E-state index in [1.807, 2.05) is 6.92 Å². The van der Waals surface area contributed by atoms with Crippen LogP contribution in [0.1, 0.15) is 46.5 Å². The van der Waals surface area contributed by atoms with Gasteiger partial charge in [-0.1, -0.05) is 20.8 Å². The highest BCUT2D eigenvalue weighted by Crippen LogP contribution is 2.02. The van der Waals surface area contributed by atoms with Crippen molar-refractivity contribution in [1.29, 1.82) is 0 Å². The topological polar surface area (TPSA) is 20.3 Å². The van der Waals surface area contributed by atoms with Crippen LogP contribution in [0, 0.1) is 5.92 Å². The molecule has 0 aliphatic carbocycles. The van der Waals surface area contributed by atoms with Crippen LogP contribution in [0.5, 0.6) is 0 Å². The van der Waals surface area contributed by atoms with Gasteiger partial charge in [-0.05, 0) is 38.9 Å². The fourth-order valence-electron chi connectivity index (χ4n) is 1.31. The predicted molar refractivity (Wildman–Crippen MR) is 61.5 cm³/mol. The quantitative estimate of drug-likeness (QED) is 0.599. The Kier molecular flexibility index (Phi) is 7.77. The third kappa shape index (κ3) is 8.24. The average molecular weight is 199 g/mol. The summed E-state index contributed by atoms with van der Waals surface area (Å²) in [6, 6.07) is 0. The highest BCUT2D eigenvalue weighted by Gasteiger charge is 2.02. The molecule has 0 atom stereocenters. The number of rotatable bonds is 8. The molecule has 0 heterocycles. The van der Waals surface area contributed by atoms with Crippen LogP contribution in [0.15, 0.2) is 0 Å². The minimum Gasteiger partial charge on any atom is -0.306 e. The van der Waals surface area contributed by atoms with E-state index in [1.54, 1.807) is 0 Å². The summed E-state index contributed by atoms with van der Waals surface area (Å²) in [5.41, 5.74) is 0. The van der Waals surface area contributed by atoms with E-state index in [-0.39, 0.29) is 0 Å². The third-order valence-electron chi connectivity index (χ3n) is 2.48. The van der Waals surface area contributed by atoms with Crippen LogP contribution in [0.4, 0.5) is 0 Å². The van der Waals surface area contributed by atoms with Gasteiger partial charge in [0.25, 0.3) is 0 Å². The van der Waals surface area contributed by atoms with Gasteiger partial charge in [-0.15, -0.1) is 0 Å². The van der Waals surface area contributed by atoms with Crippen LogP contribution in [-0.4, -0.2) is 30.8 Å². The average Bonchev–Trinajstić information content (AvgIpc) is 2.14. The minimum absolute atomic E-state index is 0.391. The monoisotopic (exact) mass is 199 g/mol. The van der Waals surface area contributed by atoms with Crippen molar-refractivity contribution in [3.8, 4) is 0 Å². The van der Waals surface area contributed by atoms with Gasteiger partial charge in [0.05, 0.1) is 0 Å². The molecule has 0 aliphatic heterocycles. The Morgan fingerprint density at radius 2 is 1.93 bits per heavy atom. The van der Waals surface area contributed by atoms with Crippen molar-refractivity contribution in [2.45, 2.75) is 46.5 Å². The standard InChI is InChI=1S/C12H25NO/c1-5-12(14)7-6-9-13(4)10-8-11(2)3/h11H,5-10H2,1-4H3. The van der Waals surface area contributed by atoms with E-state index in [2.05, 4.69) is 25.8 Å². The molecule has 0 aromatic rings. The molecule has 0 fully saturated rings. The zero-order valence-electron chi connectivity index (χ0n) is 10.2. The van der Waals surface area contributed by atoms with E-state index < -0.39 is 0 Å². The molecule has 0 rings (SSSR count). The molecule has 0 aromatic carbocycles. The fourth-order valence-corrected chi connectivity index (χ4v) is 1.31. The summed E-state index contributed by atoms with van der Waals surface area (Å²) in [5, 5.41) is 0. The molecular weight excluding hydrogens is 174 g/mol. The first-order valence-corrected chi connectivity index (χ1v) is 5.76. The van der Waals surface area contributed by atoms with Crippen molar-refractivity contribution in [3.05, 3.63) is 0 Å². The Morgan fingerprint density at radius 3 is 2.43 bits per heavy atom. The lowest BCUT2D eigenvalue weighted by molar-refractivity contribution is -0.118. The van der Waals surface area contributed by atoms with Gasteiger partial charge in [0, 0.05) is 12.8 Å². The molecule has 0 amide bonds. The lowest BCUT2D eigenvalue weighted by Crippen LogP contribution is -2.22. The summed E-state index contributed by atoms with van der Waals surface area (Å²) in [6.45, 7) is 8.63. The second kappa shape index (κ2) is 7.98. The number of carbonyl (C=O) groups is 1. The van der Waals surface area contributed by atoms with Gasteiger partial charge >= 0.3 is 0 Å². The maximum absolute atomic E-state index is 11.0. The maximum Gasteiger partial charge on any atom is 0.132 e. The number of hydrogen-bond acceptors (Lipinski definition) is 2. The summed E-state index contributed by atoms with van der Waals surface area (Å²) in [7, 11) is 2.14. The highest BCUT2D eigenvalue weighted by molar-refractivity contribution is 5.77. The van der Waals surface area contributed by atoms with Crippen molar-refractivity contribution < 1.29 is 4.79 Å². The second-order valence-electron chi connectivity index (χ2n) is 4.48. The molecule has 0 N–H and O–H groups in total. The van der Waals surface area contributed by atoms with Gasteiger partial charge in [0.15, 0.2) is 0 Å². The second-order valence-corrected chi connectivity index (χ2v) is 4.48. The van der Waals surface area contributed by atoms with E-state index >= 15 is 0 Å². The molecule has 14 heavy (non-hydrogen) atoms. The lowest BCUT2D eigenvalue weighted by atomic mass is 10.1. The zero-order valence-corrected chi connectivity index (χ0v) is 10.2. The SMILES string of the molecule is CCC(=O)CCCN(C)CCC(C)C. The fraction of sp³-hybridized carbons (Fsp3) is 0.917. The Labute approximate surface area is 88.7 Å². The van der Waals surface area contributed by atoms with Crippen molar-refractivity contribution in [3.63, 3.8) is 0 Å². The van der Waals surface area contributed by atoms with Gasteiger partial charge < -0.3 is 4.90 Å². The number of nitrogens with zero attached hydrogens (tertiary/aromatic N) is 1. The van der Waals surface area contributed by atoms with Gasteiger partial charge in [0.1, 0.15) is 5.78 Å². The first-order valence-electron chi connectivity index (χ1n) is 5.76.